The van der Waals surface area contributed by atoms with Gasteiger partial charge in [-0.05, 0) is 19.1 Å². The molecule has 0 aliphatic carbocycles. The van der Waals surface area contributed by atoms with Gasteiger partial charge in [0.05, 0.1) is 4.92 Å². The summed E-state index contributed by atoms with van der Waals surface area (Å²) >= 11 is 0. The van der Waals surface area contributed by atoms with Crippen molar-refractivity contribution < 1.29 is 4.92 Å². The largest absolute Gasteiger partial charge is 0.341 e. The first-order valence-corrected chi connectivity index (χ1v) is 8.41. The number of nitrogens with zero attached hydrogens (tertiary/aromatic N) is 2. The molecule has 0 saturated carbocycles. The van der Waals surface area contributed by atoms with Crippen LogP contribution >= 0.6 is 0 Å². The maximum atomic E-state index is 10.9. The van der Waals surface area contributed by atoms with Crippen LogP contribution in [0.2, 0.25) is 0 Å². The number of hydrogen-bond acceptors (Lipinski definition) is 3. The molecule has 5 nitrogen and oxygen atoms in total. The number of para-hydroxylation sites is 1. The summed E-state index contributed by atoms with van der Waals surface area (Å²) in [6.07, 6.45) is 0. The molecule has 0 unspecified atom stereocenters. The number of hydrogen-bond donors (Lipinski definition) is 0. The van der Waals surface area contributed by atoms with E-state index in [-0.39, 0.29) is 16.0 Å². The van der Waals surface area contributed by atoms with Crippen LogP contribution in [0.4, 0.5) is 5.69 Å². The highest BCUT2D eigenvalue weighted by Gasteiger charge is 2.13. The van der Waals surface area contributed by atoms with E-state index in [2.05, 4.69) is 11.5 Å². The van der Waals surface area contributed by atoms with Gasteiger partial charge in [-0.1, -0.05) is 42.5 Å². The fraction of sp³-hybridized carbons (Fsp3) is 0.0952. The standard InChI is InChI=1S/C14H12N2O2.C7H4O/c1-2-15-13-6-4-3-5-11(13)12-9-10(16(17)18)7-8-14(12)15;8-7-5-3-1-2-4-6(5)7/h3-9H,2H2,1H3;1-4H. The Bertz CT molecular complexity index is 1240. The molecule has 0 spiro atoms. The average Bonchev–Trinajstić information content (AvgIpc) is 3.22. The van der Waals surface area contributed by atoms with Gasteiger partial charge >= 0.3 is 0 Å². The number of rotatable bonds is 2. The van der Waals surface area contributed by atoms with Crippen LogP contribution in [0, 0.1) is 10.1 Å². The number of fused-ring (bicyclic) bond motifs is 4. The second kappa shape index (κ2) is 6.11. The summed E-state index contributed by atoms with van der Waals surface area (Å²) in [4.78, 5) is 21.0. The molecule has 0 atom stereocenters. The molecular formula is C21H16N2O3. The average molecular weight is 344 g/mol. The van der Waals surface area contributed by atoms with Crippen LogP contribution in [0.1, 0.15) is 6.92 Å². The van der Waals surface area contributed by atoms with Crippen LogP contribution < -0.4 is 5.43 Å². The van der Waals surface area contributed by atoms with Gasteiger partial charge < -0.3 is 4.57 Å². The Kier molecular flexibility index (Phi) is 3.77. The van der Waals surface area contributed by atoms with Crippen LogP contribution in [-0.2, 0) is 6.54 Å². The summed E-state index contributed by atoms with van der Waals surface area (Å²) in [5.41, 5.74) is 2.52. The van der Waals surface area contributed by atoms with E-state index >= 15 is 0 Å². The molecule has 0 radical (unpaired) electrons. The zero-order valence-corrected chi connectivity index (χ0v) is 14.2. The van der Waals surface area contributed by atoms with E-state index in [1.165, 1.54) is 0 Å². The minimum Gasteiger partial charge on any atom is -0.341 e. The normalized spacial score (nSPS) is 11.1. The van der Waals surface area contributed by atoms with Crippen molar-refractivity contribution in [2.75, 3.05) is 0 Å². The molecule has 1 aromatic heterocycles. The molecule has 128 valence electrons. The molecular weight excluding hydrogens is 328 g/mol. The molecule has 5 aromatic rings. The SMILES string of the molecule is CCn1c2ccccc2c2cc([N+](=O)[O-])ccc21.O=c1c2ccccc12. The van der Waals surface area contributed by atoms with Crippen molar-refractivity contribution in [3.8, 4) is 0 Å². The highest BCUT2D eigenvalue weighted by Crippen LogP contribution is 2.31. The van der Waals surface area contributed by atoms with Crippen molar-refractivity contribution in [1.82, 2.24) is 4.57 Å². The first kappa shape index (κ1) is 16.0. The van der Waals surface area contributed by atoms with Crippen LogP contribution in [0.5, 0.6) is 0 Å². The Morgan fingerprint density at radius 2 is 1.42 bits per heavy atom. The third kappa shape index (κ3) is 2.54. The van der Waals surface area contributed by atoms with Gasteiger partial charge in [-0.15, -0.1) is 0 Å². The molecule has 0 saturated heterocycles. The smallest absolute Gasteiger partial charge is 0.270 e. The lowest BCUT2D eigenvalue weighted by molar-refractivity contribution is -0.384. The van der Waals surface area contributed by atoms with Gasteiger partial charge in [-0.25, -0.2) is 0 Å². The molecule has 0 aliphatic rings. The van der Waals surface area contributed by atoms with Gasteiger partial charge in [0.1, 0.15) is 0 Å². The summed E-state index contributed by atoms with van der Waals surface area (Å²) in [6, 6.07) is 20.5. The van der Waals surface area contributed by atoms with Crippen LogP contribution in [-0.4, -0.2) is 9.49 Å². The van der Waals surface area contributed by atoms with Gasteiger partial charge in [0, 0.05) is 51.3 Å². The van der Waals surface area contributed by atoms with Gasteiger partial charge in [0.15, 0.2) is 5.43 Å². The van der Waals surface area contributed by atoms with Crippen LogP contribution in [0.15, 0.2) is 71.5 Å². The topological polar surface area (TPSA) is 65.1 Å². The Morgan fingerprint density at radius 3 is 2.00 bits per heavy atom. The van der Waals surface area contributed by atoms with Gasteiger partial charge in [0.25, 0.3) is 5.69 Å². The summed E-state index contributed by atoms with van der Waals surface area (Å²) in [5.74, 6) is 0. The predicted molar refractivity (Wildman–Crippen MR) is 104 cm³/mol. The molecule has 0 amide bonds. The van der Waals surface area contributed by atoms with Crippen molar-refractivity contribution in [3.05, 3.63) is 87.1 Å². The highest BCUT2D eigenvalue weighted by atomic mass is 16.6. The molecule has 0 aliphatic heterocycles. The van der Waals surface area contributed by atoms with Crippen molar-refractivity contribution in [2.24, 2.45) is 0 Å². The maximum Gasteiger partial charge on any atom is 0.270 e. The van der Waals surface area contributed by atoms with E-state index in [9.17, 15) is 14.9 Å². The van der Waals surface area contributed by atoms with Crippen molar-refractivity contribution in [3.63, 3.8) is 0 Å². The first-order valence-electron chi connectivity index (χ1n) is 8.41. The molecule has 4 aromatic carbocycles. The lowest BCUT2D eigenvalue weighted by Crippen LogP contribution is -1.93. The van der Waals surface area contributed by atoms with Gasteiger partial charge in [0.2, 0.25) is 0 Å². The predicted octanol–water partition coefficient (Wildman–Crippen LogP) is 4.80. The van der Waals surface area contributed by atoms with E-state index in [0.717, 1.165) is 39.1 Å². The second-order valence-electron chi connectivity index (χ2n) is 6.09. The molecule has 1 heterocycles. The van der Waals surface area contributed by atoms with E-state index in [0.29, 0.717) is 0 Å². The third-order valence-electron chi connectivity index (χ3n) is 4.64. The molecule has 0 N–H and O–H groups in total. The molecule has 5 rings (SSSR count). The number of aryl methyl sites for hydroxylation is 1. The second-order valence-corrected chi connectivity index (χ2v) is 6.09. The molecule has 0 bridgehead atoms. The fourth-order valence-corrected chi connectivity index (χ4v) is 3.33. The zero-order valence-electron chi connectivity index (χ0n) is 14.2. The molecule has 5 heteroatoms. The number of nitro groups is 1. The summed E-state index contributed by atoms with van der Waals surface area (Å²) in [6.45, 7) is 2.93. The minimum absolute atomic E-state index is 0.140. The van der Waals surface area contributed by atoms with E-state index in [4.69, 9.17) is 0 Å². The first-order chi connectivity index (χ1) is 12.6. The van der Waals surface area contributed by atoms with Gasteiger partial charge in [-0.2, -0.15) is 0 Å². The third-order valence-corrected chi connectivity index (χ3v) is 4.64. The van der Waals surface area contributed by atoms with E-state index in [1.54, 1.807) is 12.1 Å². The molecule has 26 heavy (non-hydrogen) atoms. The Balaban J connectivity index is 0.000000174. The van der Waals surface area contributed by atoms with Gasteiger partial charge in [-0.3, -0.25) is 14.9 Å². The van der Waals surface area contributed by atoms with Crippen molar-refractivity contribution >= 4 is 38.3 Å². The van der Waals surface area contributed by atoms with E-state index in [1.807, 2.05) is 54.6 Å². The highest BCUT2D eigenvalue weighted by molar-refractivity contribution is 6.08. The lowest BCUT2D eigenvalue weighted by atomic mass is 10.1. The molecule has 0 fully saturated rings. The Hall–Kier alpha value is -3.47. The van der Waals surface area contributed by atoms with Crippen LogP contribution in [0.25, 0.3) is 32.6 Å². The Labute approximate surface area is 148 Å². The fourth-order valence-electron chi connectivity index (χ4n) is 3.33. The quantitative estimate of drug-likeness (QED) is 0.341. The minimum atomic E-state index is -0.350. The number of nitro benzene ring substituents is 1. The zero-order chi connectivity index (χ0) is 18.3. The Morgan fingerprint density at radius 1 is 0.846 bits per heavy atom. The van der Waals surface area contributed by atoms with Crippen LogP contribution in [0.3, 0.4) is 0 Å². The van der Waals surface area contributed by atoms with Crippen molar-refractivity contribution in [2.45, 2.75) is 13.5 Å². The summed E-state index contributed by atoms with van der Waals surface area (Å²) < 4.78 is 2.17. The number of non-ortho nitro benzene ring substituents is 1. The lowest BCUT2D eigenvalue weighted by Gasteiger charge is -2.01. The monoisotopic (exact) mass is 344 g/mol. The summed E-state index contributed by atoms with van der Waals surface area (Å²) in [7, 11) is 0. The maximum absolute atomic E-state index is 10.9. The van der Waals surface area contributed by atoms with E-state index < -0.39 is 0 Å². The summed E-state index contributed by atoms with van der Waals surface area (Å²) in [5, 5.41) is 14.7. The van der Waals surface area contributed by atoms with Crippen molar-refractivity contribution in [1.29, 1.82) is 0 Å². The number of benzene rings is 3. The number of aromatic nitrogens is 1.